The highest BCUT2D eigenvalue weighted by Crippen LogP contribution is 2.24. The van der Waals surface area contributed by atoms with E-state index in [1.54, 1.807) is 30.3 Å². The van der Waals surface area contributed by atoms with Gasteiger partial charge in [-0.2, -0.15) is 0 Å². The lowest BCUT2D eigenvalue weighted by molar-refractivity contribution is 0.261. The Morgan fingerprint density at radius 2 is 2.06 bits per heavy atom. The van der Waals surface area contributed by atoms with Gasteiger partial charge in [0.1, 0.15) is 0 Å². The Hall–Kier alpha value is -1.66. The quantitative estimate of drug-likeness (QED) is 0.730. The molecule has 0 saturated heterocycles. The summed E-state index contributed by atoms with van der Waals surface area (Å²) in [5.74, 6) is 0.325. The second kappa shape index (κ2) is 5.32. The first-order chi connectivity index (χ1) is 8.54. The van der Waals surface area contributed by atoms with Crippen LogP contribution in [0.1, 0.15) is 0 Å². The maximum Gasteiger partial charge on any atom is 0.326 e. The van der Waals surface area contributed by atoms with Crippen molar-refractivity contribution in [3.05, 3.63) is 40.0 Å². The first-order valence-electron chi connectivity index (χ1n) is 4.93. The van der Waals surface area contributed by atoms with Gasteiger partial charge in [-0.25, -0.2) is 4.79 Å². The van der Waals surface area contributed by atoms with Crippen LogP contribution in [0.2, 0.25) is 5.02 Å². The van der Waals surface area contributed by atoms with E-state index >= 15 is 0 Å². The van der Waals surface area contributed by atoms with E-state index in [1.165, 1.54) is 0 Å². The van der Waals surface area contributed by atoms with Crippen LogP contribution < -0.4 is 16.4 Å². The molecule has 1 heterocycles. The fourth-order valence-corrected chi connectivity index (χ4v) is 1.82. The van der Waals surface area contributed by atoms with Crippen molar-refractivity contribution >= 4 is 50.8 Å². The molecule has 0 aliphatic carbocycles. The molecule has 2 aromatic rings. The summed E-state index contributed by atoms with van der Waals surface area (Å²) in [4.78, 5) is 11.6. The molecule has 0 unspecified atom stereocenters. The van der Waals surface area contributed by atoms with E-state index in [0.29, 0.717) is 27.0 Å². The third-order valence-corrected chi connectivity index (χ3v) is 2.79. The van der Waals surface area contributed by atoms with Crippen LogP contribution in [0.15, 0.2) is 39.4 Å². The lowest BCUT2D eigenvalue weighted by Crippen LogP contribution is -2.19. The molecule has 5 nitrogen and oxygen atoms in total. The highest BCUT2D eigenvalue weighted by molar-refractivity contribution is 9.10. The Kier molecular flexibility index (Phi) is 3.78. The number of nitrogen functional groups attached to an aromatic ring is 1. The Labute approximate surface area is 116 Å². The van der Waals surface area contributed by atoms with E-state index in [1.807, 2.05) is 0 Å². The average Bonchev–Trinajstić information content (AvgIpc) is 2.68. The number of benzene rings is 1. The minimum Gasteiger partial charge on any atom is -0.434 e. The average molecular weight is 331 g/mol. The van der Waals surface area contributed by atoms with Gasteiger partial charge in [-0.3, -0.25) is 5.32 Å². The zero-order valence-electron chi connectivity index (χ0n) is 9.04. The molecule has 0 spiro atoms. The van der Waals surface area contributed by atoms with Gasteiger partial charge in [-0.05, 0) is 40.2 Å². The number of carbonyl (C=O) groups is 1. The van der Waals surface area contributed by atoms with Gasteiger partial charge in [0.25, 0.3) is 0 Å². The summed E-state index contributed by atoms with van der Waals surface area (Å²) in [6.45, 7) is 0. The molecule has 18 heavy (non-hydrogen) atoms. The zero-order chi connectivity index (χ0) is 13.1. The molecule has 0 atom stereocenters. The van der Waals surface area contributed by atoms with E-state index in [9.17, 15) is 4.79 Å². The van der Waals surface area contributed by atoms with Gasteiger partial charge in [0.2, 0.25) is 5.88 Å². The number of hydrogen-bond acceptors (Lipinski definition) is 3. The molecule has 0 saturated carbocycles. The summed E-state index contributed by atoms with van der Waals surface area (Å²) in [5.41, 5.74) is 6.55. The van der Waals surface area contributed by atoms with Gasteiger partial charge in [-0.1, -0.05) is 11.6 Å². The van der Waals surface area contributed by atoms with E-state index in [0.717, 1.165) is 0 Å². The van der Waals surface area contributed by atoms with Gasteiger partial charge in [0.15, 0.2) is 4.67 Å². The SMILES string of the molecule is Nc1ccc(NC(=O)Nc2ccc(Br)o2)c(Cl)c1. The van der Waals surface area contributed by atoms with Crippen LogP contribution in [0.4, 0.5) is 22.1 Å². The lowest BCUT2D eigenvalue weighted by Gasteiger charge is -2.07. The van der Waals surface area contributed by atoms with Crippen LogP contribution in [0.25, 0.3) is 0 Å². The minimum absolute atomic E-state index is 0.325. The Morgan fingerprint density at radius 3 is 2.67 bits per heavy atom. The van der Waals surface area contributed by atoms with Crippen molar-refractivity contribution in [1.82, 2.24) is 0 Å². The predicted octanol–water partition coefficient (Wildman–Crippen LogP) is 3.92. The van der Waals surface area contributed by atoms with E-state index in [2.05, 4.69) is 26.6 Å². The molecule has 0 aliphatic rings. The first-order valence-corrected chi connectivity index (χ1v) is 6.10. The first kappa shape index (κ1) is 12.8. The molecule has 4 N–H and O–H groups in total. The molecular weight excluding hydrogens is 321 g/mol. The molecule has 0 bridgehead atoms. The fraction of sp³-hybridized carbons (Fsp3) is 0. The van der Waals surface area contributed by atoms with Crippen molar-refractivity contribution in [2.45, 2.75) is 0 Å². The largest absolute Gasteiger partial charge is 0.434 e. The highest BCUT2D eigenvalue weighted by Gasteiger charge is 2.08. The van der Waals surface area contributed by atoms with Crippen LogP contribution in [0, 0.1) is 0 Å². The van der Waals surface area contributed by atoms with Gasteiger partial charge >= 0.3 is 6.03 Å². The van der Waals surface area contributed by atoms with E-state index < -0.39 is 6.03 Å². The molecule has 2 amide bonds. The van der Waals surface area contributed by atoms with Crippen molar-refractivity contribution in [2.75, 3.05) is 16.4 Å². The monoisotopic (exact) mass is 329 g/mol. The van der Waals surface area contributed by atoms with Crippen molar-refractivity contribution < 1.29 is 9.21 Å². The number of urea groups is 1. The Bertz CT molecular complexity index is 585. The minimum atomic E-state index is -0.455. The van der Waals surface area contributed by atoms with Crippen LogP contribution in [0.5, 0.6) is 0 Å². The van der Waals surface area contributed by atoms with Crippen LogP contribution >= 0.6 is 27.5 Å². The van der Waals surface area contributed by atoms with Gasteiger partial charge in [-0.15, -0.1) is 0 Å². The second-order valence-corrected chi connectivity index (χ2v) is 4.61. The lowest BCUT2D eigenvalue weighted by atomic mass is 10.3. The van der Waals surface area contributed by atoms with Crippen LogP contribution in [-0.2, 0) is 0 Å². The summed E-state index contributed by atoms with van der Waals surface area (Å²) in [6.07, 6.45) is 0. The smallest absolute Gasteiger partial charge is 0.326 e. The highest BCUT2D eigenvalue weighted by atomic mass is 79.9. The molecule has 0 aliphatic heterocycles. The molecule has 1 aromatic heterocycles. The summed E-state index contributed by atoms with van der Waals surface area (Å²) in [6, 6.07) is 7.66. The molecule has 2 rings (SSSR count). The second-order valence-electron chi connectivity index (χ2n) is 3.42. The summed E-state index contributed by atoms with van der Waals surface area (Å²) >= 11 is 9.06. The molecule has 1 aromatic carbocycles. The Morgan fingerprint density at radius 1 is 1.28 bits per heavy atom. The number of anilines is 3. The van der Waals surface area contributed by atoms with Gasteiger partial charge in [0, 0.05) is 11.8 Å². The predicted molar refractivity (Wildman–Crippen MR) is 74.9 cm³/mol. The number of hydrogen-bond donors (Lipinski definition) is 3. The van der Waals surface area contributed by atoms with E-state index in [-0.39, 0.29) is 0 Å². The van der Waals surface area contributed by atoms with Crippen LogP contribution in [0.3, 0.4) is 0 Å². The standard InChI is InChI=1S/C11H9BrClN3O2/c12-9-3-4-10(18-9)16-11(17)15-8-2-1-6(14)5-7(8)13/h1-5H,14H2,(H2,15,16,17). The molecule has 7 heteroatoms. The summed E-state index contributed by atoms with van der Waals surface area (Å²) in [5, 5.41) is 5.47. The number of nitrogens with two attached hydrogens (primary N) is 1. The number of rotatable bonds is 2. The fourth-order valence-electron chi connectivity index (χ4n) is 1.28. The summed E-state index contributed by atoms with van der Waals surface area (Å²) < 4.78 is 5.66. The van der Waals surface area contributed by atoms with Gasteiger partial charge < -0.3 is 15.5 Å². The molecular formula is C11H9BrClN3O2. The van der Waals surface area contributed by atoms with E-state index in [4.69, 9.17) is 21.8 Å². The van der Waals surface area contributed by atoms with Crippen molar-refractivity contribution in [3.63, 3.8) is 0 Å². The number of carbonyl (C=O) groups excluding carboxylic acids is 1. The molecule has 0 radical (unpaired) electrons. The number of amides is 2. The number of furan rings is 1. The maximum absolute atomic E-state index is 11.6. The van der Waals surface area contributed by atoms with Crippen molar-refractivity contribution in [1.29, 1.82) is 0 Å². The third-order valence-electron chi connectivity index (χ3n) is 2.05. The molecule has 0 fully saturated rings. The Balaban J connectivity index is 2.03. The topological polar surface area (TPSA) is 80.3 Å². The summed E-state index contributed by atoms with van der Waals surface area (Å²) in [7, 11) is 0. The van der Waals surface area contributed by atoms with Crippen molar-refractivity contribution in [3.8, 4) is 0 Å². The van der Waals surface area contributed by atoms with Crippen LogP contribution in [-0.4, -0.2) is 6.03 Å². The van der Waals surface area contributed by atoms with Gasteiger partial charge in [0.05, 0.1) is 10.7 Å². The maximum atomic E-state index is 11.6. The number of nitrogens with one attached hydrogen (secondary N) is 2. The normalized spacial score (nSPS) is 10.1. The third kappa shape index (κ3) is 3.18. The zero-order valence-corrected chi connectivity index (χ0v) is 11.4. The number of halogens is 2. The van der Waals surface area contributed by atoms with Crippen molar-refractivity contribution in [2.24, 2.45) is 0 Å². The molecule has 94 valence electrons.